The molecule has 0 N–H and O–H groups in total. The number of carbonyl (C=O) groups excluding carboxylic acids is 2. The first-order valence-electron chi connectivity index (χ1n) is 15.8. The van der Waals surface area contributed by atoms with Crippen LogP contribution in [0.2, 0.25) is 0 Å². The highest BCUT2D eigenvalue weighted by Gasteiger charge is 2.18. The summed E-state index contributed by atoms with van der Waals surface area (Å²) in [6, 6.07) is 0. The van der Waals surface area contributed by atoms with Crippen LogP contribution in [0.25, 0.3) is 0 Å². The van der Waals surface area contributed by atoms with E-state index >= 15 is 0 Å². The number of hydrogen-bond donors (Lipinski definition) is 0. The smallest absolute Gasteiger partial charge is 0.463 e. The Labute approximate surface area is 228 Å². The monoisotopic (exact) mass is 525 g/mol. The number of unbranched alkanes of at least 4 members (excludes halogenated alkanes) is 13. The molecule has 6 nitrogen and oxygen atoms in total. The summed E-state index contributed by atoms with van der Waals surface area (Å²) >= 11 is 0. The summed E-state index contributed by atoms with van der Waals surface area (Å²) in [5.41, 5.74) is 0. The summed E-state index contributed by atoms with van der Waals surface area (Å²) in [7, 11) is 0. The van der Waals surface area contributed by atoms with Crippen LogP contribution in [-0.4, -0.2) is 55.5 Å². The highest BCUT2D eigenvalue weighted by atomic mass is 16.7. The topological polar surface area (TPSA) is 65.1 Å². The first-order chi connectivity index (χ1) is 18.0. The maximum atomic E-state index is 12.2. The Bertz CT molecular complexity index is 548. The fraction of sp³-hybridized carbons (Fsp3) is 0.935. The summed E-state index contributed by atoms with van der Waals surface area (Å²) in [5.74, 6) is -0.233. The first kappa shape index (κ1) is 33.7. The van der Waals surface area contributed by atoms with Crippen molar-refractivity contribution in [2.45, 2.75) is 161 Å². The van der Waals surface area contributed by atoms with Gasteiger partial charge in [0.2, 0.25) is 0 Å². The quantitative estimate of drug-likeness (QED) is 0.0928. The van der Waals surface area contributed by atoms with Crippen molar-refractivity contribution in [3.63, 3.8) is 0 Å². The van der Waals surface area contributed by atoms with Gasteiger partial charge in [0.05, 0.1) is 12.7 Å². The molecule has 218 valence electrons. The summed E-state index contributed by atoms with van der Waals surface area (Å²) < 4.78 is 16.2. The molecule has 0 radical (unpaired) electrons. The molecule has 0 aromatic carbocycles. The maximum absolute atomic E-state index is 12.2. The molecule has 1 saturated heterocycles. The van der Waals surface area contributed by atoms with E-state index in [9.17, 15) is 9.59 Å². The van der Waals surface area contributed by atoms with Gasteiger partial charge in [0, 0.05) is 13.0 Å². The number of carbonyl (C=O) groups is 2. The van der Waals surface area contributed by atoms with Crippen molar-refractivity contribution in [2.75, 3.05) is 26.2 Å². The number of nitrogens with zero attached hydrogens (tertiary/aromatic N) is 1. The number of esters is 1. The van der Waals surface area contributed by atoms with Crippen LogP contribution in [0.5, 0.6) is 0 Å². The van der Waals surface area contributed by atoms with E-state index in [0.717, 1.165) is 45.3 Å². The van der Waals surface area contributed by atoms with Crippen LogP contribution in [0.3, 0.4) is 0 Å². The van der Waals surface area contributed by atoms with E-state index in [2.05, 4.69) is 11.8 Å². The van der Waals surface area contributed by atoms with Crippen molar-refractivity contribution < 1.29 is 23.8 Å². The van der Waals surface area contributed by atoms with Gasteiger partial charge in [-0.05, 0) is 65.5 Å². The number of likely N-dealkylation sites (tertiary alicyclic amines) is 1. The standard InChI is InChI=1S/C31H59NO5/c1-4-5-6-7-8-9-10-11-12-13-14-15-16-17-21-29(22-23-30(33)36-28(2)3)37-31(34)35-27-20-26-32-24-18-19-25-32/h28-29H,4-27H2,1-3H3. The fourth-order valence-electron chi connectivity index (χ4n) is 5.05. The lowest BCUT2D eigenvalue weighted by atomic mass is 10.0. The van der Waals surface area contributed by atoms with Crippen molar-refractivity contribution in [3.05, 3.63) is 0 Å². The maximum Gasteiger partial charge on any atom is 0.508 e. The molecule has 1 rings (SSSR count). The summed E-state index contributed by atoms with van der Waals surface area (Å²) in [6.45, 7) is 9.62. The zero-order chi connectivity index (χ0) is 27.0. The average molecular weight is 526 g/mol. The molecule has 1 atom stereocenters. The zero-order valence-corrected chi connectivity index (χ0v) is 24.6. The highest BCUT2D eigenvalue weighted by Crippen LogP contribution is 2.17. The van der Waals surface area contributed by atoms with Crippen molar-refractivity contribution >= 4 is 12.1 Å². The van der Waals surface area contributed by atoms with Crippen LogP contribution in [0.15, 0.2) is 0 Å². The molecule has 1 fully saturated rings. The second-order valence-corrected chi connectivity index (χ2v) is 11.2. The lowest BCUT2D eigenvalue weighted by Gasteiger charge is -2.18. The van der Waals surface area contributed by atoms with E-state index in [0.29, 0.717) is 13.0 Å². The average Bonchev–Trinajstić information content (AvgIpc) is 3.38. The zero-order valence-electron chi connectivity index (χ0n) is 24.6. The van der Waals surface area contributed by atoms with Crippen molar-refractivity contribution in [3.8, 4) is 0 Å². The van der Waals surface area contributed by atoms with Gasteiger partial charge in [-0.3, -0.25) is 4.79 Å². The number of hydrogen-bond acceptors (Lipinski definition) is 6. The molecular formula is C31H59NO5. The van der Waals surface area contributed by atoms with E-state index in [1.165, 1.54) is 89.9 Å². The molecule has 1 aliphatic rings. The second-order valence-electron chi connectivity index (χ2n) is 11.2. The lowest BCUT2D eigenvalue weighted by molar-refractivity contribution is -0.148. The molecule has 0 aromatic heterocycles. The van der Waals surface area contributed by atoms with Gasteiger partial charge in [-0.2, -0.15) is 0 Å². The Balaban J connectivity index is 2.14. The van der Waals surface area contributed by atoms with Gasteiger partial charge in [0.1, 0.15) is 6.10 Å². The Hall–Kier alpha value is -1.30. The predicted octanol–water partition coefficient (Wildman–Crippen LogP) is 8.60. The van der Waals surface area contributed by atoms with Gasteiger partial charge >= 0.3 is 12.1 Å². The molecule has 1 unspecified atom stereocenters. The number of ether oxygens (including phenoxy) is 3. The molecule has 0 aromatic rings. The Kier molecular flexibility index (Phi) is 21.7. The summed E-state index contributed by atoms with van der Waals surface area (Å²) in [6.07, 6.45) is 22.3. The molecule has 0 bridgehead atoms. The van der Waals surface area contributed by atoms with E-state index in [1.54, 1.807) is 0 Å². The van der Waals surface area contributed by atoms with Crippen LogP contribution in [-0.2, 0) is 19.0 Å². The van der Waals surface area contributed by atoms with Gasteiger partial charge in [-0.25, -0.2) is 4.79 Å². The van der Waals surface area contributed by atoms with Crippen LogP contribution in [0.1, 0.15) is 149 Å². The second kappa shape index (κ2) is 23.8. The minimum atomic E-state index is -0.603. The van der Waals surface area contributed by atoms with Crippen LogP contribution >= 0.6 is 0 Å². The third-order valence-electron chi connectivity index (χ3n) is 7.22. The van der Waals surface area contributed by atoms with Gasteiger partial charge in [-0.1, -0.05) is 90.4 Å². The largest absolute Gasteiger partial charge is 0.508 e. The van der Waals surface area contributed by atoms with Gasteiger partial charge in [-0.15, -0.1) is 0 Å². The van der Waals surface area contributed by atoms with Crippen LogP contribution in [0.4, 0.5) is 4.79 Å². The van der Waals surface area contributed by atoms with Crippen molar-refractivity contribution in [2.24, 2.45) is 0 Å². The van der Waals surface area contributed by atoms with Crippen LogP contribution < -0.4 is 0 Å². The fourth-order valence-corrected chi connectivity index (χ4v) is 5.05. The SMILES string of the molecule is CCCCCCCCCCCCCCCCC(CCC(=O)OC(C)C)OC(=O)OCCCN1CCCC1. The summed E-state index contributed by atoms with van der Waals surface area (Å²) in [5, 5.41) is 0. The Morgan fingerprint density at radius 2 is 1.24 bits per heavy atom. The van der Waals surface area contributed by atoms with Gasteiger partial charge in [0.25, 0.3) is 0 Å². The van der Waals surface area contributed by atoms with E-state index in [4.69, 9.17) is 14.2 Å². The highest BCUT2D eigenvalue weighted by molar-refractivity contribution is 5.69. The third-order valence-corrected chi connectivity index (χ3v) is 7.22. The molecule has 37 heavy (non-hydrogen) atoms. The van der Waals surface area contributed by atoms with Crippen molar-refractivity contribution in [1.82, 2.24) is 4.90 Å². The van der Waals surface area contributed by atoms with Crippen LogP contribution in [0, 0.1) is 0 Å². The van der Waals surface area contributed by atoms with Gasteiger partial charge in [0.15, 0.2) is 0 Å². The Morgan fingerprint density at radius 1 is 0.703 bits per heavy atom. The molecule has 1 aliphatic heterocycles. The molecule has 0 saturated carbocycles. The third kappa shape index (κ3) is 21.3. The molecule has 0 spiro atoms. The first-order valence-corrected chi connectivity index (χ1v) is 15.8. The van der Waals surface area contributed by atoms with E-state index < -0.39 is 6.16 Å². The molecular weight excluding hydrogens is 466 g/mol. The normalized spacial score (nSPS) is 14.7. The van der Waals surface area contributed by atoms with E-state index in [1.807, 2.05) is 13.8 Å². The minimum absolute atomic E-state index is 0.127. The lowest BCUT2D eigenvalue weighted by Crippen LogP contribution is -2.24. The molecule has 6 heteroatoms. The van der Waals surface area contributed by atoms with E-state index in [-0.39, 0.29) is 24.6 Å². The molecule has 1 heterocycles. The molecule has 0 amide bonds. The minimum Gasteiger partial charge on any atom is -0.463 e. The number of rotatable bonds is 24. The van der Waals surface area contributed by atoms with Crippen molar-refractivity contribution in [1.29, 1.82) is 0 Å². The Morgan fingerprint density at radius 3 is 1.78 bits per heavy atom. The van der Waals surface area contributed by atoms with Gasteiger partial charge < -0.3 is 19.1 Å². The predicted molar refractivity (Wildman–Crippen MR) is 152 cm³/mol. The summed E-state index contributed by atoms with van der Waals surface area (Å²) in [4.78, 5) is 26.6. The molecule has 0 aliphatic carbocycles.